The highest BCUT2D eigenvalue weighted by molar-refractivity contribution is 5.74. The predicted octanol–water partition coefficient (Wildman–Crippen LogP) is 4.83. The highest BCUT2D eigenvalue weighted by Gasteiger charge is 1.92. The van der Waals surface area contributed by atoms with Crippen molar-refractivity contribution in [3.05, 3.63) is 109 Å². The molecule has 7 heteroatoms. The van der Waals surface area contributed by atoms with Crippen molar-refractivity contribution in [3.8, 4) is 0 Å². The van der Waals surface area contributed by atoms with Gasteiger partial charge in [0, 0.05) is 42.9 Å². The van der Waals surface area contributed by atoms with Gasteiger partial charge in [-0.1, -0.05) is 6.07 Å². The Labute approximate surface area is 182 Å². The molecule has 0 spiro atoms. The van der Waals surface area contributed by atoms with Crippen LogP contribution in [0.15, 0.2) is 86.2 Å². The fraction of sp³-hybridized carbons (Fsp3) is 0.167. The smallest absolute Gasteiger partial charge is 0.115 e. The number of H-pyrrole nitrogens is 1. The Kier molecular flexibility index (Phi) is 9.96. The first-order valence-electron chi connectivity index (χ1n) is 9.76. The zero-order valence-corrected chi connectivity index (χ0v) is 18.3. The van der Waals surface area contributed by atoms with Crippen molar-refractivity contribution in [3.63, 3.8) is 0 Å². The lowest BCUT2D eigenvalue weighted by Crippen LogP contribution is -1.77. The minimum Gasteiger partial charge on any atom is -0.345 e. The number of fused-ring (bicyclic) bond motifs is 1. The minimum absolute atomic E-state index is 0.961. The van der Waals surface area contributed by atoms with E-state index in [0.717, 1.165) is 22.4 Å². The first-order chi connectivity index (χ1) is 15.0. The van der Waals surface area contributed by atoms with E-state index in [9.17, 15) is 0 Å². The Morgan fingerprint density at radius 3 is 1.87 bits per heavy atom. The van der Waals surface area contributed by atoms with Gasteiger partial charge in [0.15, 0.2) is 0 Å². The maximum absolute atomic E-state index is 4.10. The summed E-state index contributed by atoms with van der Waals surface area (Å²) in [7, 11) is 0. The van der Waals surface area contributed by atoms with E-state index >= 15 is 0 Å². The summed E-state index contributed by atoms with van der Waals surface area (Å²) in [6.45, 7) is 7.96. The molecule has 1 aromatic carbocycles. The number of pyridine rings is 1. The van der Waals surface area contributed by atoms with Gasteiger partial charge in [0.25, 0.3) is 0 Å². The summed E-state index contributed by atoms with van der Waals surface area (Å²) in [5.74, 6) is 0. The third-order valence-electron chi connectivity index (χ3n) is 3.84. The molecule has 4 heterocycles. The number of nitrogens with zero attached hydrogens (tertiary/aromatic N) is 6. The Morgan fingerprint density at radius 1 is 0.613 bits per heavy atom. The molecule has 0 fully saturated rings. The standard InChI is InChI=1S/C8H8N2.C6H7N.2C5H6N2/c1-6-2-3-7-8(4-6)10-5-9-7;1-6-2-4-7-5-3-6;1-5-4-6-2-3-7-5;1-5-2-3-6-4-7-5/h2-5H,1H3,(H,9,10);2-5H,1H3;2*2-4H,1H3. The molecule has 0 saturated carbocycles. The average molecular weight is 414 g/mol. The lowest BCUT2D eigenvalue weighted by molar-refractivity contribution is 1.10. The molecule has 0 saturated heterocycles. The van der Waals surface area contributed by atoms with Crippen LogP contribution in [0.1, 0.15) is 22.5 Å². The molecule has 0 radical (unpaired) electrons. The van der Waals surface area contributed by atoms with E-state index in [1.54, 1.807) is 43.5 Å². The second kappa shape index (κ2) is 13.3. The highest BCUT2D eigenvalue weighted by atomic mass is 14.9. The molecule has 31 heavy (non-hydrogen) atoms. The summed E-state index contributed by atoms with van der Waals surface area (Å²) in [6.07, 6.45) is 13.6. The molecule has 5 aromatic rings. The number of rotatable bonds is 0. The quantitative estimate of drug-likeness (QED) is 0.391. The summed E-state index contributed by atoms with van der Waals surface area (Å²) in [5, 5.41) is 0. The summed E-state index contributed by atoms with van der Waals surface area (Å²) >= 11 is 0. The zero-order chi connectivity index (χ0) is 22.3. The second-order valence-electron chi connectivity index (χ2n) is 6.65. The van der Waals surface area contributed by atoms with Crippen LogP contribution in [0, 0.1) is 27.7 Å². The number of nitrogens with one attached hydrogen (secondary N) is 1. The molecule has 5 rings (SSSR count). The van der Waals surface area contributed by atoms with Gasteiger partial charge in [0.1, 0.15) is 6.33 Å². The van der Waals surface area contributed by atoms with Crippen LogP contribution in [0.25, 0.3) is 11.0 Å². The number of aromatic nitrogens is 7. The average Bonchev–Trinajstić information content (AvgIpc) is 3.24. The van der Waals surface area contributed by atoms with Crippen LogP contribution in [-0.4, -0.2) is 34.9 Å². The van der Waals surface area contributed by atoms with Crippen molar-refractivity contribution in [2.75, 3.05) is 0 Å². The Bertz CT molecular complexity index is 1020. The number of imidazole rings is 1. The van der Waals surface area contributed by atoms with E-state index in [-0.39, 0.29) is 0 Å². The predicted molar refractivity (Wildman–Crippen MR) is 123 cm³/mol. The van der Waals surface area contributed by atoms with Gasteiger partial charge in [-0.15, -0.1) is 0 Å². The minimum atomic E-state index is 0.961. The third-order valence-corrected chi connectivity index (χ3v) is 3.84. The van der Waals surface area contributed by atoms with Gasteiger partial charge in [-0.3, -0.25) is 15.0 Å². The molecule has 0 aliphatic rings. The van der Waals surface area contributed by atoms with E-state index in [2.05, 4.69) is 53.9 Å². The summed E-state index contributed by atoms with van der Waals surface area (Å²) in [5.41, 5.74) is 6.63. The Hall–Kier alpha value is -4.00. The summed E-state index contributed by atoms with van der Waals surface area (Å²) < 4.78 is 0. The van der Waals surface area contributed by atoms with Gasteiger partial charge in [-0.2, -0.15) is 0 Å². The monoisotopic (exact) mass is 413 g/mol. The molecule has 0 aliphatic heterocycles. The molecule has 0 amide bonds. The normalized spacial score (nSPS) is 9.29. The van der Waals surface area contributed by atoms with Crippen molar-refractivity contribution in [1.29, 1.82) is 0 Å². The van der Waals surface area contributed by atoms with Crippen molar-refractivity contribution in [2.24, 2.45) is 0 Å². The van der Waals surface area contributed by atoms with Crippen LogP contribution in [0.4, 0.5) is 0 Å². The van der Waals surface area contributed by atoms with Gasteiger partial charge in [-0.05, 0) is 69.2 Å². The van der Waals surface area contributed by atoms with Gasteiger partial charge in [-0.25, -0.2) is 15.0 Å². The second-order valence-corrected chi connectivity index (χ2v) is 6.65. The number of hydrogen-bond donors (Lipinski definition) is 1. The largest absolute Gasteiger partial charge is 0.345 e. The van der Waals surface area contributed by atoms with E-state index in [0.29, 0.717) is 0 Å². The molecule has 158 valence electrons. The van der Waals surface area contributed by atoms with Gasteiger partial charge in [0.2, 0.25) is 0 Å². The number of benzene rings is 1. The van der Waals surface area contributed by atoms with E-state index in [1.165, 1.54) is 17.5 Å². The molecule has 0 atom stereocenters. The molecule has 1 N–H and O–H groups in total. The van der Waals surface area contributed by atoms with E-state index < -0.39 is 0 Å². The fourth-order valence-electron chi connectivity index (χ4n) is 2.21. The Morgan fingerprint density at radius 2 is 1.39 bits per heavy atom. The van der Waals surface area contributed by atoms with Gasteiger partial charge in [0.05, 0.1) is 23.1 Å². The summed E-state index contributed by atoms with van der Waals surface area (Å²) in [4.78, 5) is 26.3. The number of hydrogen-bond acceptors (Lipinski definition) is 6. The first kappa shape index (κ1) is 23.3. The number of aryl methyl sites for hydroxylation is 4. The van der Waals surface area contributed by atoms with Crippen LogP contribution in [-0.2, 0) is 0 Å². The molecule has 0 unspecified atom stereocenters. The van der Waals surface area contributed by atoms with Crippen LogP contribution in [0.5, 0.6) is 0 Å². The molecule has 0 bridgehead atoms. The van der Waals surface area contributed by atoms with Crippen molar-refractivity contribution in [1.82, 2.24) is 34.9 Å². The van der Waals surface area contributed by atoms with Gasteiger partial charge < -0.3 is 4.98 Å². The topological polar surface area (TPSA) is 93.1 Å². The third kappa shape index (κ3) is 9.85. The lowest BCUT2D eigenvalue weighted by Gasteiger charge is -1.89. The maximum Gasteiger partial charge on any atom is 0.115 e. The lowest BCUT2D eigenvalue weighted by atomic mass is 10.2. The van der Waals surface area contributed by atoms with Gasteiger partial charge >= 0.3 is 0 Å². The van der Waals surface area contributed by atoms with Crippen molar-refractivity contribution in [2.45, 2.75) is 27.7 Å². The molecular weight excluding hydrogens is 386 g/mol. The fourth-order valence-corrected chi connectivity index (χ4v) is 2.21. The maximum atomic E-state index is 4.10. The van der Waals surface area contributed by atoms with Crippen LogP contribution in [0.3, 0.4) is 0 Å². The van der Waals surface area contributed by atoms with Crippen LogP contribution in [0.2, 0.25) is 0 Å². The SMILES string of the molecule is Cc1ccc2nc[nH]c2c1.Cc1ccncc1.Cc1ccncn1.Cc1cnccn1. The molecular formula is C24H27N7. The number of aromatic amines is 1. The van der Waals surface area contributed by atoms with Crippen LogP contribution < -0.4 is 0 Å². The van der Waals surface area contributed by atoms with Crippen LogP contribution >= 0.6 is 0 Å². The molecule has 0 aliphatic carbocycles. The molecule has 7 nitrogen and oxygen atoms in total. The summed E-state index contributed by atoms with van der Waals surface area (Å²) in [6, 6.07) is 12.0. The van der Waals surface area contributed by atoms with Crippen molar-refractivity contribution >= 4 is 11.0 Å². The van der Waals surface area contributed by atoms with E-state index in [1.807, 2.05) is 45.0 Å². The first-order valence-corrected chi connectivity index (χ1v) is 9.76. The highest BCUT2D eigenvalue weighted by Crippen LogP contribution is 2.09. The van der Waals surface area contributed by atoms with Crippen molar-refractivity contribution < 1.29 is 0 Å². The molecule has 4 aromatic heterocycles. The Balaban J connectivity index is 0.000000149. The zero-order valence-electron chi connectivity index (χ0n) is 18.3. The van der Waals surface area contributed by atoms with E-state index in [4.69, 9.17) is 0 Å².